The molecule has 1 aromatic carbocycles. The van der Waals surface area contributed by atoms with E-state index in [9.17, 15) is 0 Å². The molecule has 0 saturated carbocycles. The number of likely N-dealkylation sites (tertiary alicyclic amines) is 1. The Morgan fingerprint density at radius 1 is 1.42 bits per heavy atom. The van der Waals surface area contributed by atoms with Crippen LogP contribution in [0, 0.1) is 0 Å². The maximum atomic E-state index is 5.47. The molecule has 0 bridgehead atoms. The van der Waals surface area contributed by atoms with Crippen molar-refractivity contribution >= 4 is 0 Å². The number of likely N-dealkylation sites (N-methyl/N-ethyl adjacent to an activating group) is 1. The first-order valence-electron chi connectivity index (χ1n) is 7.32. The SMILES string of the molecule is CCC(NCC1CCCN1C)c1ccccc1OC. The smallest absolute Gasteiger partial charge is 0.123 e. The predicted octanol–water partition coefficient (Wildman–Crippen LogP) is 2.83. The molecule has 2 atom stereocenters. The van der Waals surface area contributed by atoms with Crippen molar-refractivity contribution in [2.75, 3.05) is 27.2 Å². The largest absolute Gasteiger partial charge is 0.496 e. The van der Waals surface area contributed by atoms with E-state index in [2.05, 4.69) is 36.3 Å². The van der Waals surface area contributed by atoms with Gasteiger partial charge in [-0.05, 0) is 38.9 Å². The third-order valence-corrected chi connectivity index (χ3v) is 4.19. The summed E-state index contributed by atoms with van der Waals surface area (Å²) in [5.74, 6) is 0.988. The van der Waals surface area contributed by atoms with Crippen LogP contribution in [-0.4, -0.2) is 38.2 Å². The number of ether oxygens (including phenoxy) is 1. The normalized spacial score (nSPS) is 21.5. The molecule has 1 saturated heterocycles. The molecular weight excluding hydrogens is 236 g/mol. The van der Waals surface area contributed by atoms with Gasteiger partial charge in [0.15, 0.2) is 0 Å². The zero-order valence-corrected chi connectivity index (χ0v) is 12.4. The molecule has 0 amide bonds. The zero-order chi connectivity index (χ0) is 13.7. The third-order valence-electron chi connectivity index (χ3n) is 4.19. The number of benzene rings is 1. The molecule has 0 aliphatic carbocycles. The molecule has 0 spiro atoms. The average Bonchev–Trinajstić information content (AvgIpc) is 2.85. The van der Waals surface area contributed by atoms with Gasteiger partial charge in [-0.15, -0.1) is 0 Å². The molecule has 19 heavy (non-hydrogen) atoms. The number of hydrogen-bond donors (Lipinski definition) is 1. The Labute approximate surface area is 116 Å². The highest BCUT2D eigenvalue weighted by atomic mass is 16.5. The van der Waals surface area contributed by atoms with Crippen molar-refractivity contribution < 1.29 is 4.74 Å². The Hall–Kier alpha value is -1.06. The molecule has 2 rings (SSSR count). The van der Waals surface area contributed by atoms with Gasteiger partial charge in [-0.2, -0.15) is 0 Å². The van der Waals surface area contributed by atoms with Gasteiger partial charge in [-0.25, -0.2) is 0 Å². The van der Waals surface area contributed by atoms with Crippen molar-refractivity contribution in [2.45, 2.75) is 38.3 Å². The molecule has 1 fully saturated rings. The van der Waals surface area contributed by atoms with E-state index < -0.39 is 0 Å². The Morgan fingerprint density at radius 3 is 2.84 bits per heavy atom. The molecule has 2 unspecified atom stereocenters. The summed E-state index contributed by atoms with van der Waals surface area (Å²) in [7, 11) is 3.97. The van der Waals surface area contributed by atoms with E-state index in [0.717, 1.165) is 18.7 Å². The molecule has 3 nitrogen and oxygen atoms in total. The van der Waals surface area contributed by atoms with Crippen LogP contribution in [0.5, 0.6) is 5.75 Å². The summed E-state index contributed by atoms with van der Waals surface area (Å²) in [4.78, 5) is 2.46. The van der Waals surface area contributed by atoms with Crippen LogP contribution in [0.3, 0.4) is 0 Å². The van der Waals surface area contributed by atoms with Gasteiger partial charge in [0, 0.05) is 24.2 Å². The van der Waals surface area contributed by atoms with E-state index in [1.165, 1.54) is 24.9 Å². The molecule has 0 radical (unpaired) electrons. The van der Waals surface area contributed by atoms with E-state index in [1.807, 2.05) is 12.1 Å². The summed E-state index contributed by atoms with van der Waals surface area (Å²) in [6.45, 7) is 4.52. The van der Waals surface area contributed by atoms with E-state index >= 15 is 0 Å². The van der Waals surface area contributed by atoms with E-state index in [1.54, 1.807) is 7.11 Å². The van der Waals surface area contributed by atoms with Gasteiger partial charge in [-0.1, -0.05) is 25.1 Å². The highest BCUT2D eigenvalue weighted by molar-refractivity contribution is 5.35. The number of rotatable bonds is 6. The minimum Gasteiger partial charge on any atom is -0.496 e. The second-order valence-corrected chi connectivity index (χ2v) is 5.39. The van der Waals surface area contributed by atoms with Crippen LogP contribution in [0.25, 0.3) is 0 Å². The molecule has 1 aromatic rings. The highest BCUT2D eigenvalue weighted by Gasteiger charge is 2.22. The summed E-state index contributed by atoms with van der Waals surface area (Å²) in [6.07, 6.45) is 3.72. The van der Waals surface area contributed by atoms with Crippen LogP contribution >= 0.6 is 0 Å². The monoisotopic (exact) mass is 262 g/mol. The summed E-state index contributed by atoms with van der Waals surface area (Å²) in [5, 5.41) is 3.71. The van der Waals surface area contributed by atoms with Gasteiger partial charge >= 0.3 is 0 Å². The van der Waals surface area contributed by atoms with Gasteiger partial charge in [0.2, 0.25) is 0 Å². The molecule has 1 aliphatic heterocycles. The molecule has 3 heteroatoms. The average molecular weight is 262 g/mol. The maximum absolute atomic E-state index is 5.47. The Morgan fingerprint density at radius 2 is 2.21 bits per heavy atom. The second-order valence-electron chi connectivity index (χ2n) is 5.39. The van der Waals surface area contributed by atoms with Gasteiger partial charge in [0.1, 0.15) is 5.75 Å². The number of nitrogens with one attached hydrogen (secondary N) is 1. The first-order chi connectivity index (χ1) is 9.26. The van der Waals surface area contributed by atoms with Gasteiger partial charge in [0.25, 0.3) is 0 Å². The fraction of sp³-hybridized carbons (Fsp3) is 0.625. The van der Waals surface area contributed by atoms with Crippen molar-refractivity contribution in [1.29, 1.82) is 0 Å². The van der Waals surface area contributed by atoms with Gasteiger partial charge in [0.05, 0.1) is 7.11 Å². The van der Waals surface area contributed by atoms with Crippen molar-refractivity contribution in [1.82, 2.24) is 10.2 Å². The van der Waals surface area contributed by atoms with Crippen LogP contribution in [0.4, 0.5) is 0 Å². The van der Waals surface area contributed by atoms with Crippen LogP contribution in [0.1, 0.15) is 37.8 Å². The predicted molar refractivity (Wildman–Crippen MR) is 79.7 cm³/mol. The number of para-hydroxylation sites is 1. The maximum Gasteiger partial charge on any atom is 0.123 e. The Bertz CT molecular complexity index is 394. The minimum atomic E-state index is 0.380. The first-order valence-corrected chi connectivity index (χ1v) is 7.32. The number of nitrogens with zero attached hydrogens (tertiary/aromatic N) is 1. The summed E-state index contributed by atoms with van der Waals surface area (Å²) in [6, 6.07) is 9.39. The van der Waals surface area contributed by atoms with Crippen LogP contribution in [0.15, 0.2) is 24.3 Å². The molecule has 106 valence electrons. The fourth-order valence-electron chi connectivity index (χ4n) is 2.94. The topological polar surface area (TPSA) is 24.5 Å². The lowest BCUT2D eigenvalue weighted by molar-refractivity contribution is 0.289. The minimum absolute atomic E-state index is 0.380. The number of hydrogen-bond acceptors (Lipinski definition) is 3. The molecule has 1 heterocycles. The lowest BCUT2D eigenvalue weighted by Gasteiger charge is -2.25. The molecule has 1 aliphatic rings. The van der Waals surface area contributed by atoms with Gasteiger partial charge in [-0.3, -0.25) is 0 Å². The summed E-state index contributed by atoms with van der Waals surface area (Å²) >= 11 is 0. The van der Waals surface area contributed by atoms with Crippen LogP contribution in [-0.2, 0) is 0 Å². The fourth-order valence-corrected chi connectivity index (χ4v) is 2.94. The van der Waals surface area contributed by atoms with Crippen LogP contribution in [0.2, 0.25) is 0 Å². The van der Waals surface area contributed by atoms with E-state index in [4.69, 9.17) is 4.74 Å². The standard InChI is InChI=1S/C16H26N2O/c1-4-15(14-9-5-6-10-16(14)19-3)17-12-13-8-7-11-18(13)2/h5-6,9-10,13,15,17H,4,7-8,11-12H2,1-3H3. The van der Waals surface area contributed by atoms with Gasteiger partial charge < -0.3 is 15.0 Å². The molecule has 0 aromatic heterocycles. The summed E-state index contributed by atoms with van der Waals surface area (Å²) in [5.41, 5.74) is 1.27. The molecule has 1 N–H and O–H groups in total. The molecular formula is C16H26N2O. The van der Waals surface area contributed by atoms with Crippen molar-refractivity contribution in [3.63, 3.8) is 0 Å². The Balaban J connectivity index is 1.99. The first kappa shape index (κ1) is 14.4. The lowest BCUT2D eigenvalue weighted by atomic mass is 10.0. The van der Waals surface area contributed by atoms with Crippen molar-refractivity contribution in [3.05, 3.63) is 29.8 Å². The quantitative estimate of drug-likeness (QED) is 0.853. The third kappa shape index (κ3) is 3.48. The van der Waals surface area contributed by atoms with E-state index in [-0.39, 0.29) is 0 Å². The zero-order valence-electron chi connectivity index (χ0n) is 12.4. The second kappa shape index (κ2) is 6.92. The van der Waals surface area contributed by atoms with E-state index in [0.29, 0.717) is 12.1 Å². The van der Waals surface area contributed by atoms with Crippen molar-refractivity contribution in [3.8, 4) is 5.75 Å². The van der Waals surface area contributed by atoms with Crippen LogP contribution < -0.4 is 10.1 Å². The summed E-state index contributed by atoms with van der Waals surface area (Å²) < 4.78 is 5.47. The lowest BCUT2D eigenvalue weighted by Crippen LogP contribution is -2.37. The highest BCUT2D eigenvalue weighted by Crippen LogP contribution is 2.27. The Kier molecular flexibility index (Phi) is 5.23. The van der Waals surface area contributed by atoms with Crippen molar-refractivity contribution in [2.24, 2.45) is 0 Å². The number of methoxy groups -OCH3 is 1.